The number of carbonyl (C=O) groups excluding carboxylic acids is 1. The molecule has 0 aromatic carbocycles. The summed E-state index contributed by atoms with van der Waals surface area (Å²) in [5.74, 6) is 0.800. The first kappa shape index (κ1) is 20.3. The fourth-order valence-electron chi connectivity index (χ4n) is 5.08. The summed E-state index contributed by atoms with van der Waals surface area (Å²) in [4.78, 5) is 23.2. The van der Waals surface area contributed by atoms with Gasteiger partial charge in [0.15, 0.2) is 5.82 Å². The van der Waals surface area contributed by atoms with E-state index in [-0.39, 0.29) is 29.7 Å². The molecule has 1 saturated heterocycles. The highest BCUT2D eigenvalue weighted by Gasteiger charge is 2.47. The number of carbonyl (C=O) groups is 1. The zero-order valence-corrected chi connectivity index (χ0v) is 18.2. The third-order valence-electron chi connectivity index (χ3n) is 6.76. The third-order valence-corrected chi connectivity index (χ3v) is 7.03. The van der Waals surface area contributed by atoms with Gasteiger partial charge in [0.2, 0.25) is 11.9 Å². The molecule has 4 atom stereocenters. The highest BCUT2D eigenvalue weighted by Crippen LogP contribution is 2.45. The van der Waals surface area contributed by atoms with Crippen LogP contribution in [0.2, 0.25) is 5.02 Å². The van der Waals surface area contributed by atoms with E-state index in [1.165, 1.54) is 0 Å². The Kier molecular flexibility index (Phi) is 5.31. The number of amides is 1. The van der Waals surface area contributed by atoms with Crippen molar-refractivity contribution < 1.29 is 4.79 Å². The second-order valence-corrected chi connectivity index (χ2v) is 9.21. The Morgan fingerprint density at radius 3 is 2.77 bits per heavy atom. The first-order chi connectivity index (χ1) is 15.0. The van der Waals surface area contributed by atoms with Crippen molar-refractivity contribution in [2.45, 2.75) is 31.3 Å². The minimum atomic E-state index is -0.292. The number of primary amides is 1. The van der Waals surface area contributed by atoms with E-state index in [4.69, 9.17) is 17.3 Å². The summed E-state index contributed by atoms with van der Waals surface area (Å²) < 4.78 is 2.02. The summed E-state index contributed by atoms with van der Waals surface area (Å²) in [6.45, 7) is 2.15. The van der Waals surface area contributed by atoms with Crippen LogP contribution >= 0.6 is 11.6 Å². The van der Waals surface area contributed by atoms with E-state index in [9.17, 15) is 4.79 Å². The van der Waals surface area contributed by atoms with Crippen LogP contribution in [-0.2, 0) is 4.79 Å². The predicted octanol–water partition coefficient (Wildman–Crippen LogP) is 2.42. The second-order valence-electron chi connectivity index (χ2n) is 8.81. The fraction of sp³-hybridized carbons (Fsp3) is 0.524. The van der Waals surface area contributed by atoms with Crippen molar-refractivity contribution in [3.05, 3.63) is 35.8 Å². The highest BCUT2D eigenvalue weighted by molar-refractivity contribution is 6.32. The van der Waals surface area contributed by atoms with Gasteiger partial charge in [0.25, 0.3) is 0 Å². The zero-order chi connectivity index (χ0) is 21.5. The molecule has 164 valence electrons. The molecular formula is C21H27ClN8O. The van der Waals surface area contributed by atoms with Gasteiger partial charge in [-0.2, -0.15) is 10.1 Å². The molecule has 2 aromatic heterocycles. The van der Waals surface area contributed by atoms with Gasteiger partial charge in [0, 0.05) is 12.2 Å². The van der Waals surface area contributed by atoms with Crippen LogP contribution in [0, 0.1) is 17.8 Å². The second kappa shape index (κ2) is 8.12. The average Bonchev–Trinajstić information content (AvgIpc) is 3.47. The number of allylic oxidation sites excluding steroid dienone is 1. The first-order valence-corrected chi connectivity index (χ1v) is 11.1. The number of piperidine rings is 1. The Bertz CT molecular complexity index is 999. The SMILES string of the molecule is CN1CCC(n2cc(Nc3ncc(Cl)c(NC4C5C=CC(C5)C4C(N)=O)n3)cn2)CC1. The first-order valence-electron chi connectivity index (χ1n) is 10.7. The normalized spacial score (nSPS) is 28.2. The van der Waals surface area contributed by atoms with Gasteiger partial charge in [-0.1, -0.05) is 23.8 Å². The molecule has 2 aliphatic carbocycles. The lowest BCUT2D eigenvalue weighted by Gasteiger charge is -2.28. The van der Waals surface area contributed by atoms with Gasteiger partial charge >= 0.3 is 0 Å². The van der Waals surface area contributed by atoms with Gasteiger partial charge in [-0.3, -0.25) is 9.48 Å². The minimum Gasteiger partial charge on any atom is -0.369 e. The largest absolute Gasteiger partial charge is 0.369 e. The smallest absolute Gasteiger partial charge is 0.229 e. The molecule has 4 N–H and O–H groups in total. The van der Waals surface area contributed by atoms with Crippen LogP contribution in [0.15, 0.2) is 30.7 Å². The van der Waals surface area contributed by atoms with Gasteiger partial charge in [-0.15, -0.1) is 0 Å². The van der Waals surface area contributed by atoms with E-state index in [0.717, 1.165) is 38.0 Å². The van der Waals surface area contributed by atoms with Gasteiger partial charge in [0.1, 0.15) is 5.02 Å². The van der Waals surface area contributed by atoms with Crippen LogP contribution in [0.4, 0.5) is 17.5 Å². The number of rotatable bonds is 6. The predicted molar refractivity (Wildman–Crippen MR) is 119 cm³/mol. The number of nitrogens with zero attached hydrogens (tertiary/aromatic N) is 5. The summed E-state index contributed by atoms with van der Waals surface area (Å²) in [5.41, 5.74) is 6.49. The van der Waals surface area contributed by atoms with E-state index in [0.29, 0.717) is 22.8 Å². The summed E-state index contributed by atoms with van der Waals surface area (Å²) in [6.07, 6.45) is 12.7. The summed E-state index contributed by atoms with van der Waals surface area (Å²) in [5, 5.41) is 11.5. The molecule has 1 saturated carbocycles. The maximum Gasteiger partial charge on any atom is 0.229 e. The lowest BCUT2D eigenvalue weighted by Crippen LogP contribution is -2.41. The number of halogens is 1. The molecule has 31 heavy (non-hydrogen) atoms. The fourth-order valence-corrected chi connectivity index (χ4v) is 5.23. The molecule has 0 spiro atoms. The Morgan fingerprint density at radius 1 is 1.23 bits per heavy atom. The summed E-state index contributed by atoms with van der Waals surface area (Å²) in [7, 11) is 2.15. The number of fused-ring (bicyclic) bond motifs is 2. The molecule has 2 fully saturated rings. The molecule has 3 aliphatic rings. The molecule has 10 heteroatoms. The van der Waals surface area contributed by atoms with Crippen LogP contribution in [-0.4, -0.2) is 56.7 Å². The Labute approximate surface area is 186 Å². The number of nitrogens with one attached hydrogen (secondary N) is 2. The van der Waals surface area contributed by atoms with Crippen molar-refractivity contribution in [2.75, 3.05) is 30.8 Å². The lowest BCUT2D eigenvalue weighted by atomic mass is 9.88. The lowest BCUT2D eigenvalue weighted by molar-refractivity contribution is -0.122. The topological polar surface area (TPSA) is 114 Å². The van der Waals surface area contributed by atoms with Crippen molar-refractivity contribution in [3.8, 4) is 0 Å². The average molecular weight is 443 g/mol. The van der Waals surface area contributed by atoms with E-state index in [2.05, 4.69) is 49.8 Å². The molecule has 0 radical (unpaired) electrons. The maximum atomic E-state index is 12.0. The summed E-state index contributed by atoms with van der Waals surface area (Å²) in [6, 6.07) is 0.298. The number of likely N-dealkylation sites (tertiary alicyclic amines) is 1. The Hall–Kier alpha value is -2.65. The van der Waals surface area contributed by atoms with E-state index < -0.39 is 0 Å². The molecule has 1 amide bonds. The van der Waals surface area contributed by atoms with Crippen LogP contribution in [0.3, 0.4) is 0 Å². The molecule has 4 unspecified atom stereocenters. The van der Waals surface area contributed by atoms with Crippen LogP contribution in [0.5, 0.6) is 0 Å². The number of hydrogen-bond acceptors (Lipinski definition) is 7. The maximum absolute atomic E-state index is 12.0. The van der Waals surface area contributed by atoms with Gasteiger partial charge in [0.05, 0.1) is 30.0 Å². The minimum absolute atomic E-state index is 0.111. The van der Waals surface area contributed by atoms with Gasteiger partial charge < -0.3 is 21.3 Å². The number of hydrogen-bond donors (Lipinski definition) is 3. The highest BCUT2D eigenvalue weighted by atomic mass is 35.5. The quantitative estimate of drug-likeness (QED) is 0.588. The van der Waals surface area contributed by atoms with E-state index in [1.54, 1.807) is 12.4 Å². The van der Waals surface area contributed by atoms with Crippen molar-refractivity contribution in [1.29, 1.82) is 0 Å². The van der Waals surface area contributed by atoms with Crippen LogP contribution in [0.25, 0.3) is 0 Å². The molecule has 1 aliphatic heterocycles. The van der Waals surface area contributed by atoms with Gasteiger partial charge in [-0.25, -0.2) is 4.98 Å². The van der Waals surface area contributed by atoms with E-state index in [1.807, 2.05) is 10.9 Å². The number of aromatic nitrogens is 4. The molecule has 2 aromatic rings. The van der Waals surface area contributed by atoms with Crippen molar-refractivity contribution in [1.82, 2.24) is 24.6 Å². The van der Waals surface area contributed by atoms with E-state index >= 15 is 0 Å². The molecule has 5 rings (SSSR count). The molecular weight excluding hydrogens is 416 g/mol. The Balaban J connectivity index is 1.29. The number of nitrogens with two attached hydrogens (primary N) is 1. The monoisotopic (exact) mass is 442 g/mol. The Morgan fingerprint density at radius 2 is 2.00 bits per heavy atom. The summed E-state index contributed by atoms with van der Waals surface area (Å²) >= 11 is 6.35. The van der Waals surface area contributed by atoms with Crippen molar-refractivity contribution in [2.24, 2.45) is 23.5 Å². The zero-order valence-electron chi connectivity index (χ0n) is 17.4. The van der Waals surface area contributed by atoms with Crippen LogP contribution < -0.4 is 16.4 Å². The number of anilines is 3. The third kappa shape index (κ3) is 3.99. The molecule has 9 nitrogen and oxygen atoms in total. The molecule has 3 heterocycles. The standard InChI is InChI=1S/C21H27ClN8O/c1-29-6-4-15(5-7-29)30-11-14(9-25-30)26-21-24-10-16(22)20(28-21)27-18-13-3-2-12(8-13)17(18)19(23)31/h2-3,9-13,15,17-18H,4-8H2,1H3,(H2,23,31)(H2,24,26,27,28). The van der Waals surface area contributed by atoms with Crippen molar-refractivity contribution in [3.63, 3.8) is 0 Å². The van der Waals surface area contributed by atoms with Crippen molar-refractivity contribution >= 4 is 35.0 Å². The molecule has 2 bridgehead atoms. The van der Waals surface area contributed by atoms with Gasteiger partial charge in [-0.05, 0) is 51.2 Å². The van der Waals surface area contributed by atoms with Crippen LogP contribution in [0.1, 0.15) is 25.3 Å².